The highest BCUT2D eigenvalue weighted by molar-refractivity contribution is 5.94. The van der Waals surface area contributed by atoms with Gasteiger partial charge in [-0.1, -0.05) is 32.6 Å². The van der Waals surface area contributed by atoms with Crippen LogP contribution in [0.5, 0.6) is 0 Å². The average Bonchev–Trinajstić information content (AvgIpc) is 2.30. The van der Waals surface area contributed by atoms with E-state index in [9.17, 15) is 9.59 Å². The van der Waals surface area contributed by atoms with Gasteiger partial charge in [-0.25, -0.2) is 0 Å². The maximum atomic E-state index is 11.8. The second-order valence-corrected chi connectivity index (χ2v) is 4.89. The van der Waals surface area contributed by atoms with Crippen molar-refractivity contribution in [1.82, 2.24) is 10.2 Å². The molecule has 0 radical (unpaired) electrons. The number of piperazine rings is 1. The summed E-state index contributed by atoms with van der Waals surface area (Å²) in [6.45, 7) is 6.18. The molecule has 4 nitrogen and oxygen atoms in total. The second-order valence-electron chi connectivity index (χ2n) is 4.89. The van der Waals surface area contributed by atoms with E-state index in [1.165, 1.54) is 19.3 Å². The van der Waals surface area contributed by atoms with E-state index in [2.05, 4.69) is 12.2 Å². The molecule has 0 aliphatic carbocycles. The number of unbranched alkanes of at least 4 members (excludes halogenated alkanes) is 3. The Morgan fingerprint density at radius 2 is 2.06 bits per heavy atom. The van der Waals surface area contributed by atoms with E-state index in [-0.39, 0.29) is 30.4 Å². The van der Waals surface area contributed by atoms with Gasteiger partial charge in [0.25, 0.3) is 0 Å². The van der Waals surface area contributed by atoms with Crippen molar-refractivity contribution < 1.29 is 9.59 Å². The molecule has 0 aromatic heterocycles. The Bertz CT molecular complexity index is 279. The molecule has 2 amide bonds. The van der Waals surface area contributed by atoms with Crippen LogP contribution in [0.3, 0.4) is 0 Å². The third-order valence-electron chi connectivity index (χ3n) is 3.45. The lowest BCUT2D eigenvalue weighted by molar-refractivity contribution is -0.147. The lowest BCUT2D eigenvalue weighted by atomic mass is 10.0. The van der Waals surface area contributed by atoms with Gasteiger partial charge in [0.15, 0.2) is 0 Å². The molecule has 2 unspecified atom stereocenters. The summed E-state index contributed by atoms with van der Waals surface area (Å²) in [5.41, 5.74) is 0. The van der Waals surface area contributed by atoms with Crippen molar-refractivity contribution in [3.05, 3.63) is 0 Å². The van der Waals surface area contributed by atoms with Crippen LogP contribution in [0.1, 0.15) is 52.9 Å². The normalized spacial score (nSPS) is 22.5. The van der Waals surface area contributed by atoms with Crippen LogP contribution in [0.15, 0.2) is 0 Å². The van der Waals surface area contributed by atoms with Gasteiger partial charge in [-0.15, -0.1) is 0 Å². The molecule has 0 spiro atoms. The van der Waals surface area contributed by atoms with Crippen LogP contribution in [-0.2, 0) is 9.59 Å². The highest BCUT2D eigenvalue weighted by Gasteiger charge is 2.33. The van der Waals surface area contributed by atoms with Crippen LogP contribution < -0.4 is 5.32 Å². The predicted octanol–water partition coefficient (Wildman–Crippen LogP) is 1.69. The first-order chi connectivity index (χ1) is 8.07. The number of hydrogen-bond donors (Lipinski definition) is 1. The Kier molecular flexibility index (Phi) is 5.45. The molecule has 1 heterocycles. The highest BCUT2D eigenvalue weighted by atomic mass is 16.2. The van der Waals surface area contributed by atoms with Gasteiger partial charge in [0.05, 0.1) is 6.54 Å². The molecule has 0 aromatic rings. The van der Waals surface area contributed by atoms with E-state index >= 15 is 0 Å². The zero-order valence-electron chi connectivity index (χ0n) is 11.2. The molecule has 17 heavy (non-hydrogen) atoms. The van der Waals surface area contributed by atoms with Crippen molar-refractivity contribution in [2.24, 2.45) is 0 Å². The van der Waals surface area contributed by atoms with Crippen LogP contribution in [0.4, 0.5) is 0 Å². The van der Waals surface area contributed by atoms with Crippen LogP contribution in [0.2, 0.25) is 0 Å². The van der Waals surface area contributed by atoms with E-state index in [0.717, 1.165) is 12.8 Å². The summed E-state index contributed by atoms with van der Waals surface area (Å²) in [4.78, 5) is 25.1. The molecule has 1 aliphatic rings. The number of nitrogens with one attached hydrogen (secondary N) is 1. The molecule has 1 aliphatic heterocycles. The van der Waals surface area contributed by atoms with Crippen LogP contribution >= 0.6 is 0 Å². The molecule has 98 valence electrons. The maximum absolute atomic E-state index is 11.8. The Morgan fingerprint density at radius 1 is 1.35 bits per heavy atom. The number of amides is 2. The monoisotopic (exact) mass is 240 g/mol. The van der Waals surface area contributed by atoms with E-state index < -0.39 is 0 Å². The number of hydrogen-bond acceptors (Lipinski definition) is 2. The quantitative estimate of drug-likeness (QED) is 0.718. The fourth-order valence-electron chi connectivity index (χ4n) is 2.38. The van der Waals surface area contributed by atoms with Gasteiger partial charge in [-0.05, 0) is 20.3 Å². The van der Waals surface area contributed by atoms with Crippen molar-refractivity contribution >= 4 is 11.8 Å². The SMILES string of the molecule is CCCCCCC(C)N1C(=O)CNC(=O)C1C. The molecule has 2 atom stereocenters. The lowest BCUT2D eigenvalue weighted by Crippen LogP contribution is -2.59. The first-order valence-electron chi connectivity index (χ1n) is 6.66. The van der Waals surface area contributed by atoms with Gasteiger partial charge in [0.2, 0.25) is 11.8 Å². The Labute approximate surface area is 104 Å². The summed E-state index contributed by atoms with van der Waals surface area (Å²) >= 11 is 0. The Morgan fingerprint density at radius 3 is 2.71 bits per heavy atom. The van der Waals surface area contributed by atoms with Crippen molar-refractivity contribution in [2.45, 2.75) is 65.0 Å². The van der Waals surface area contributed by atoms with Gasteiger partial charge in [0.1, 0.15) is 6.04 Å². The summed E-state index contributed by atoms with van der Waals surface area (Å²) in [7, 11) is 0. The highest BCUT2D eigenvalue weighted by Crippen LogP contribution is 2.16. The molecule has 1 saturated heterocycles. The fourth-order valence-corrected chi connectivity index (χ4v) is 2.38. The molecule has 1 N–H and O–H groups in total. The van der Waals surface area contributed by atoms with Gasteiger partial charge < -0.3 is 10.2 Å². The van der Waals surface area contributed by atoms with E-state index in [1.54, 1.807) is 11.8 Å². The van der Waals surface area contributed by atoms with Crippen LogP contribution in [0, 0.1) is 0 Å². The minimum absolute atomic E-state index is 0.0370. The number of nitrogens with zero attached hydrogens (tertiary/aromatic N) is 1. The largest absolute Gasteiger partial charge is 0.345 e. The maximum Gasteiger partial charge on any atom is 0.242 e. The predicted molar refractivity (Wildman–Crippen MR) is 67.5 cm³/mol. The summed E-state index contributed by atoms with van der Waals surface area (Å²) in [5.74, 6) is 0.00472. The second kappa shape index (κ2) is 6.62. The van der Waals surface area contributed by atoms with Crippen molar-refractivity contribution in [3.8, 4) is 0 Å². The standard InChI is InChI=1S/C13H24N2O2/c1-4-5-6-7-8-10(2)15-11(3)13(17)14-9-12(15)16/h10-11H,4-9H2,1-3H3,(H,14,17). The Hall–Kier alpha value is -1.06. The van der Waals surface area contributed by atoms with Crippen molar-refractivity contribution in [2.75, 3.05) is 6.54 Å². The van der Waals surface area contributed by atoms with Gasteiger partial charge in [-0.2, -0.15) is 0 Å². The van der Waals surface area contributed by atoms with Gasteiger partial charge in [-0.3, -0.25) is 9.59 Å². The topological polar surface area (TPSA) is 49.4 Å². The average molecular weight is 240 g/mol. The molecule has 0 saturated carbocycles. The minimum Gasteiger partial charge on any atom is -0.345 e. The summed E-state index contributed by atoms with van der Waals surface area (Å²) in [6, 6.07) is -0.155. The summed E-state index contributed by atoms with van der Waals surface area (Å²) < 4.78 is 0. The molecular weight excluding hydrogens is 216 g/mol. The first-order valence-corrected chi connectivity index (χ1v) is 6.66. The van der Waals surface area contributed by atoms with Crippen molar-refractivity contribution in [1.29, 1.82) is 0 Å². The van der Waals surface area contributed by atoms with Gasteiger partial charge in [0, 0.05) is 6.04 Å². The fraction of sp³-hybridized carbons (Fsp3) is 0.846. The molecule has 1 rings (SSSR count). The van der Waals surface area contributed by atoms with E-state index in [0.29, 0.717) is 0 Å². The Balaban J connectivity index is 2.45. The van der Waals surface area contributed by atoms with Crippen LogP contribution in [-0.4, -0.2) is 35.3 Å². The number of carbonyl (C=O) groups excluding carboxylic acids is 2. The molecule has 1 fully saturated rings. The van der Waals surface area contributed by atoms with Crippen molar-refractivity contribution in [3.63, 3.8) is 0 Å². The zero-order valence-corrected chi connectivity index (χ0v) is 11.2. The number of rotatable bonds is 6. The summed E-state index contributed by atoms with van der Waals surface area (Å²) in [6.07, 6.45) is 5.80. The molecule has 0 bridgehead atoms. The molecule has 4 heteroatoms. The third-order valence-corrected chi connectivity index (χ3v) is 3.45. The first kappa shape index (κ1) is 14.0. The van der Waals surface area contributed by atoms with E-state index in [4.69, 9.17) is 0 Å². The van der Waals surface area contributed by atoms with Gasteiger partial charge >= 0.3 is 0 Å². The van der Waals surface area contributed by atoms with Crippen LogP contribution in [0.25, 0.3) is 0 Å². The lowest BCUT2D eigenvalue weighted by Gasteiger charge is -2.37. The molecular formula is C13H24N2O2. The summed E-state index contributed by atoms with van der Waals surface area (Å²) in [5, 5.41) is 2.61. The molecule has 0 aromatic carbocycles. The third kappa shape index (κ3) is 3.72. The minimum atomic E-state index is -0.322. The number of carbonyl (C=O) groups is 2. The van der Waals surface area contributed by atoms with E-state index in [1.807, 2.05) is 6.92 Å². The smallest absolute Gasteiger partial charge is 0.242 e. The zero-order chi connectivity index (χ0) is 12.8.